The maximum atomic E-state index is 11.8. The molecule has 0 spiro atoms. The van der Waals surface area contributed by atoms with Gasteiger partial charge < -0.3 is 14.6 Å². The Labute approximate surface area is 146 Å². The van der Waals surface area contributed by atoms with E-state index in [1.54, 1.807) is 13.0 Å². The van der Waals surface area contributed by atoms with Crippen molar-refractivity contribution in [2.45, 2.75) is 6.92 Å². The first kappa shape index (κ1) is 16.7. The highest BCUT2D eigenvalue weighted by atomic mass is 16.5. The molecule has 0 aliphatic heterocycles. The second-order valence-electron chi connectivity index (χ2n) is 5.79. The summed E-state index contributed by atoms with van der Waals surface area (Å²) in [5.41, 5.74) is 3.91. The van der Waals surface area contributed by atoms with Crippen LogP contribution in [-0.4, -0.2) is 31.7 Å². The number of nitrogens with zero attached hydrogens (tertiary/aromatic N) is 3. The Bertz CT molecular complexity index is 911. The topological polar surface area (TPSA) is 70.0 Å². The molecule has 0 aliphatic carbocycles. The number of ether oxygens (including phenoxy) is 1. The van der Waals surface area contributed by atoms with E-state index in [1.807, 2.05) is 61.5 Å². The minimum absolute atomic E-state index is 0.347. The van der Waals surface area contributed by atoms with E-state index in [0.717, 1.165) is 28.0 Å². The summed E-state index contributed by atoms with van der Waals surface area (Å²) in [5, 5.41) is 9.42. The lowest BCUT2D eigenvalue weighted by molar-refractivity contribution is 0.0520. The summed E-state index contributed by atoms with van der Waals surface area (Å²) >= 11 is 0. The third-order valence-corrected chi connectivity index (χ3v) is 3.75. The molecule has 0 aliphatic rings. The number of carbonyl (C=O) groups excluding carboxylic acids is 1. The summed E-state index contributed by atoms with van der Waals surface area (Å²) in [6.45, 7) is 2.13. The van der Waals surface area contributed by atoms with Gasteiger partial charge in [0, 0.05) is 30.7 Å². The second kappa shape index (κ2) is 7.17. The van der Waals surface area contributed by atoms with Gasteiger partial charge in [0.05, 0.1) is 18.0 Å². The Morgan fingerprint density at radius 3 is 2.40 bits per heavy atom. The van der Waals surface area contributed by atoms with Gasteiger partial charge in [-0.15, -0.1) is 0 Å². The Morgan fingerprint density at radius 2 is 1.72 bits per heavy atom. The monoisotopic (exact) mass is 336 g/mol. The third-order valence-electron chi connectivity index (χ3n) is 3.75. The number of esters is 1. The Kier molecular flexibility index (Phi) is 4.79. The van der Waals surface area contributed by atoms with Crippen molar-refractivity contribution in [1.82, 2.24) is 4.98 Å². The van der Waals surface area contributed by atoms with Crippen molar-refractivity contribution in [2.75, 3.05) is 25.6 Å². The third kappa shape index (κ3) is 3.85. The number of aromatic nitrogens is 1. The quantitative estimate of drug-likeness (QED) is 0.536. The van der Waals surface area contributed by atoms with Crippen LogP contribution in [0.2, 0.25) is 0 Å². The number of benzene rings is 2. The van der Waals surface area contributed by atoms with Gasteiger partial charge in [0.2, 0.25) is 0 Å². The molecule has 3 aromatic rings. The van der Waals surface area contributed by atoms with Gasteiger partial charge in [-0.3, -0.25) is 0 Å². The van der Waals surface area contributed by atoms with Crippen molar-refractivity contribution < 1.29 is 9.53 Å². The lowest BCUT2D eigenvalue weighted by Gasteiger charge is -2.11. The largest absolute Gasteiger partial charge is 0.461 e. The van der Waals surface area contributed by atoms with E-state index in [9.17, 15) is 4.79 Å². The molecule has 128 valence electrons. The zero-order chi connectivity index (χ0) is 17.8. The number of fused-ring (bicyclic) bond motifs is 1. The minimum atomic E-state index is -0.358. The lowest BCUT2D eigenvalue weighted by atomic mass is 10.2. The molecule has 1 aromatic heterocycles. The van der Waals surface area contributed by atoms with Crippen LogP contribution in [0.25, 0.3) is 10.9 Å². The number of azo groups is 1. The number of aromatic amines is 1. The van der Waals surface area contributed by atoms with E-state index in [1.165, 1.54) is 0 Å². The van der Waals surface area contributed by atoms with Crippen LogP contribution in [0.15, 0.2) is 58.8 Å². The van der Waals surface area contributed by atoms with Crippen LogP contribution in [0, 0.1) is 0 Å². The summed E-state index contributed by atoms with van der Waals surface area (Å²) in [4.78, 5) is 16.9. The summed E-state index contributed by atoms with van der Waals surface area (Å²) in [6.07, 6.45) is 0. The van der Waals surface area contributed by atoms with Crippen LogP contribution in [0.4, 0.5) is 17.1 Å². The zero-order valence-corrected chi connectivity index (χ0v) is 14.5. The van der Waals surface area contributed by atoms with E-state index in [4.69, 9.17) is 4.74 Å². The van der Waals surface area contributed by atoms with Crippen LogP contribution >= 0.6 is 0 Å². The van der Waals surface area contributed by atoms with Gasteiger partial charge in [0.15, 0.2) is 0 Å². The molecule has 2 aromatic carbocycles. The Balaban J connectivity index is 1.80. The number of anilines is 1. The van der Waals surface area contributed by atoms with Gasteiger partial charge in [-0.2, -0.15) is 10.2 Å². The first-order valence-corrected chi connectivity index (χ1v) is 8.06. The van der Waals surface area contributed by atoms with E-state index in [-0.39, 0.29) is 5.97 Å². The van der Waals surface area contributed by atoms with Gasteiger partial charge in [-0.1, -0.05) is 0 Å². The van der Waals surface area contributed by atoms with Crippen molar-refractivity contribution in [2.24, 2.45) is 10.2 Å². The molecule has 25 heavy (non-hydrogen) atoms. The summed E-state index contributed by atoms with van der Waals surface area (Å²) in [5.74, 6) is -0.358. The fourth-order valence-electron chi connectivity index (χ4n) is 2.43. The van der Waals surface area contributed by atoms with Crippen molar-refractivity contribution >= 4 is 33.9 Å². The van der Waals surface area contributed by atoms with Crippen LogP contribution in [0.5, 0.6) is 0 Å². The van der Waals surface area contributed by atoms with E-state index in [2.05, 4.69) is 15.2 Å². The number of rotatable bonds is 5. The molecule has 6 heteroatoms. The highest BCUT2D eigenvalue weighted by Crippen LogP contribution is 2.25. The molecular weight excluding hydrogens is 316 g/mol. The summed E-state index contributed by atoms with van der Waals surface area (Å²) in [6, 6.07) is 15.2. The van der Waals surface area contributed by atoms with E-state index >= 15 is 0 Å². The van der Waals surface area contributed by atoms with E-state index < -0.39 is 0 Å². The van der Waals surface area contributed by atoms with Crippen molar-refractivity contribution in [3.8, 4) is 0 Å². The normalized spacial score (nSPS) is 11.2. The van der Waals surface area contributed by atoms with Gasteiger partial charge in [-0.05, 0) is 55.5 Å². The van der Waals surface area contributed by atoms with Gasteiger partial charge in [0.1, 0.15) is 5.69 Å². The fraction of sp³-hybridized carbons (Fsp3) is 0.211. The average Bonchev–Trinajstić information content (AvgIpc) is 3.04. The highest BCUT2D eigenvalue weighted by molar-refractivity contribution is 5.95. The van der Waals surface area contributed by atoms with Crippen LogP contribution in [-0.2, 0) is 4.74 Å². The standard InChI is InChI=1S/C19H20N4O2/c1-4-25-19(24)18-12-13-11-15(7-10-17(13)20-18)22-21-14-5-8-16(9-6-14)23(2)3/h5-12,20H,4H2,1-3H3. The molecule has 0 fully saturated rings. The molecule has 1 N–H and O–H groups in total. The average molecular weight is 336 g/mol. The predicted octanol–water partition coefficient (Wildman–Crippen LogP) is 4.83. The lowest BCUT2D eigenvalue weighted by Crippen LogP contribution is -2.07. The highest BCUT2D eigenvalue weighted by Gasteiger charge is 2.10. The van der Waals surface area contributed by atoms with Crippen molar-refractivity contribution in [1.29, 1.82) is 0 Å². The molecule has 1 heterocycles. The molecule has 0 radical (unpaired) electrons. The Morgan fingerprint density at radius 1 is 1.04 bits per heavy atom. The van der Waals surface area contributed by atoms with E-state index in [0.29, 0.717) is 12.3 Å². The molecule has 0 amide bonds. The maximum absolute atomic E-state index is 11.8. The van der Waals surface area contributed by atoms with Gasteiger partial charge in [0.25, 0.3) is 0 Å². The molecular formula is C19H20N4O2. The molecule has 0 unspecified atom stereocenters. The number of H-pyrrole nitrogens is 1. The first-order valence-electron chi connectivity index (χ1n) is 8.06. The Hall–Kier alpha value is -3.15. The SMILES string of the molecule is CCOC(=O)c1cc2cc(N=Nc3ccc(N(C)C)cc3)ccc2[nH]1. The van der Waals surface area contributed by atoms with Crippen molar-refractivity contribution in [3.63, 3.8) is 0 Å². The van der Waals surface area contributed by atoms with Gasteiger partial charge in [-0.25, -0.2) is 4.79 Å². The maximum Gasteiger partial charge on any atom is 0.354 e. The first-order chi connectivity index (χ1) is 12.1. The van der Waals surface area contributed by atoms with Crippen LogP contribution in [0.1, 0.15) is 17.4 Å². The number of nitrogens with one attached hydrogen (secondary N) is 1. The molecule has 6 nitrogen and oxygen atoms in total. The number of hydrogen-bond donors (Lipinski definition) is 1. The van der Waals surface area contributed by atoms with Gasteiger partial charge >= 0.3 is 5.97 Å². The van der Waals surface area contributed by atoms with Crippen molar-refractivity contribution in [3.05, 3.63) is 54.2 Å². The minimum Gasteiger partial charge on any atom is -0.461 e. The molecule has 0 saturated heterocycles. The number of carbonyl (C=O) groups is 1. The van der Waals surface area contributed by atoms with Crippen LogP contribution in [0.3, 0.4) is 0 Å². The summed E-state index contributed by atoms with van der Waals surface area (Å²) < 4.78 is 5.00. The fourth-order valence-corrected chi connectivity index (χ4v) is 2.43. The number of hydrogen-bond acceptors (Lipinski definition) is 5. The molecule has 0 saturated carbocycles. The predicted molar refractivity (Wildman–Crippen MR) is 99.2 cm³/mol. The zero-order valence-electron chi connectivity index (χ0n) is 14.5. The second-order valence-corrected chi connectivity index (χ2v) is 5.79. The molecule has 0 atom stereocenters. The molecule has 0 bridgehead atoms. The smallest absolute Gasteiger partial charge is 0.354 e. The van der Waals surface area contributed by atoms with Crippen LogP contribution < -0.4 is 4.90 Å². The summed E-state index contributed by atoms with van der Waals surface area (Å²) in [7, 11) is 3.99. The molecule has 3 rings (SSSR count).